The lowest BCUT2D eigenvalue weighted by atomic mass is 10.3. The highest BCUT2D eigenvalue weighted by Crippen LogP contribution is 2.09. The number of hydrazine groups is 1. The SMILES string of the molecule is NNc1nccc(NCc2ccsc2)n1. The minimum atomic E-state index is 0.408. The molecule has 0 atom stereocenters. The number of aromatic nitrogens is 2. The van der Waals surface area contributed by atoms with Crippen LogP contribution in [-0.2, 0) is 6.54 Å². The van der Waals surface area contributed by atoms with Crippen molar-refractivity contribution in [2.75, 3.05) is 10.7 Å². The zero-order valence-corrected chi connectivity index (χ0v) is 8.79. The first-order valence-electron chi connectivity index (χ1n) is 4.43. The van der Waals surface area contributed by atoms with Crippen LogP contribution >= 0.6 is 11.3 Å². The van der Waals surface area contributed by atoms with Crippen molar-refractivity contribution in [3.63, 3.8) is 0 Å². The summed E-state index contributed by atoms with van der Waals surface area (Å²) in [4.78, 5) is 8.05. The monoisotopic (exact) mass is 221 g/mol. The van der Waals surface area contributed by atoms with Crippen molar-refractivity contribution in [2.45, 2.75) is 6.54 Å². The smallest absolute Gasteiger partial charge is 0.239 e. The van der Waals surface area contributed by atoms with Crippen LogP contribution in [0.15, 0.2) is 29.1 Å². The molecule has 2 rings (SSSR count). The van der Waals surface area contributed by atoms with E-state index in [0.29, 0.717) is 5.95 Å². The lowest BCUT2D eigenvalue weighted by molar-refractivity contribution is 1.07. The normalized spacial score (nSPS) is 9.93. The van der Waals surface area contributed by atoms with Gasteiger partial charge >= 0.3 is 0 Å². The number of hydrogen-bond acceptors (Lipinski definition) is 6. The first kappa shape index (κ1) is 9.88. The molecule has 0 bridgehead atoms. The zero-order chi connectivity index (χ0) is 10.5. The fourth-order valence-corrected chi connectivity index (χ4v) is 1.78. The van der Waals surface area contributed by atoms with Gasteiger partial charge in [0.2, 0.25) is 5.95 Å². The lowest BCUT2D eigenvalue weighted by Crippen LogP contribution is -2.11. The van der Waals surface area contributed by atoms with E-state index in [2.05, 4.69) is 32.2 Å². The fourth-order valence-electron chi connectivity index (χ4n) is 1.11. The number of hydrogen-bond donors (Lipinski definition) is 3. The maximum atomic E-state index is 5.21. The Morgan fingerprint density at radius 1 is 1.40 bits per heavy atom. The van der Waals surface area contributed by atoms with Gasteiger partial charge in [0, 0.05) is 12.7 Å². The molecule has 6 heteroatoms. The van der Waals surface area contributed by atoms with Crippen LogP contribution in [0.5, 0.6) is 0 Å². The molecular weight excluding hydrogens is 210 g/mol. The quantitative estimate of drug-likeness (QED) is 0.538. The molecule has 15 heavy (non-hydrogen) atoms. The Kier molecular flexibility index (Phi) is 3.11. The van der Waals surface area contributed by atoms with E-state index >= 15 is 0 Å². The Morgan fingerprint density at radius 3 is 3.07 bits per heavy atom. The molecule has 0 saturated heterocycles. The second-order valence-corrected chi connectivity index (χ2v) is 3.68. The first-order chi connectivity index (χ1) is 7.38. The Bertz CT molecular complexity index is 414. The molecular formula is C9H11N5S. The van der Waals surface area contributed by atoms with Crippen LogP contribution < -0.4 is 16.6 Å². The minimum absolute atomic E-state index is 0.408. The summed E-state index contributed by atoms with van der Waals surface area (Å²) in [6, 6.07) is 3.87. The van der Waals surface area contributed by atoms with Gasteiger partial charge in [-0.1, -0.05) is 0 Å². The topological polar surface area (TPSA) is 75.9 Å². The fraction of sp³-hybridized carbons (Fsp3) is 0.111. The van der Waals surface area contributed by atoms with Crippen molar-refractivity contribution in [1.82, 2.24) is 9.97 Å². The van der Waals surface area contributed by atoms with Crippen LogP contribution in [-0.4, -0.2) is 9.97 Å². The largest absolute Gasteiger partial charge is 0.366 e. The summed E-state index contributed by atoms with van der Waals surface area (Å²) >= 11 is 1.68. The van der Waals surface area contributed by atoms with Crippen LogP contribution in [0.2, 0.25) is 0 Å². The van der Waals surface area contributed by atoms with Gasteiger partial charge in [0.05, 0.1) is 0 Å². The van der Waals surface area contributed by atoms with Crippen LogP contribution in [0.3, 0.4) is 0 Å². The summed E-state index contributed by atoms with van der Waals surface area (Å²) < 4.78 is 0. The van der Waals surface area contributed by atoms with Crippen molar-refractivity contribution >= 4 is 23.1 Å². The molecule has 2 heterocycles. The first-order valence-corrected chi connectivity index (χ1v) is 5.37. The Labute approximate surface area is 91.3 Å². The predicted molar refractivity (Wildman–Crippen MR) is 61.5 cm³/mol. The molecule has 0 unspecified atom stereocenters. The maximum Gasteiger partial charge on any atom is 0.239 e. The highest BCUT2D eigenvalue weighted by atomic mass is 32.1. The van der Waals surface area contributed by atoms with Crippen molar-refractivity contribution in [1.29, 1.82) is 0 Å². The molecule has 2 aromatic rings. The highest BCUT2D eigenvalue weighted by molar-refractivity contribution is 7.07. The lowest BCUT2D eigenvalue weighted by Gasteiger charge is -2.04. The number of thiophene rings is 1. The van der Waals surface area contributed by atoms with Crippen molar-refractivity contribution in [3.8, 4) is 0 Å². The van der Waals surface area contributed by atoms with Crippen LogP contribution in [0.1, 0.15) is 5.56 Å². The van der Waals surface area contributed by atoms with E-state index in [1.807, 2.05) is 5.38 Å². The third-order valence-electron chi connectivity index (χ3n) is 1.84. The Morgan fingerprint density at radius 2 is 2.33 bits per heavy atom. The average molecular weight is 221 g/mol. The molecule has 5 nitrogen and oxygen atoms in total. The predicted octanol–water partition coefficient (Wildman–Crippen LogP) is 1.44. The second-order valence-electron chi connectivity index (χ2n) is 2.89. The van der Waals surface area contributed by atoms with Gasteiger partial charge < -0.3 is 5.32 Å². The van der Waals surface area contributed by atoms with Gasteiger partial charge in [-0.15, -0.1) is 0 Å². The number of nitrogen functional groups attached to an aromatic ring is 1. The minimum Gasteiger partial charge on any atom is -0.366 e. The van der Waals surface area contributed by atoms with Crippen molar-refractivity contribution in [3.05, 3.63) is 34.7 Å². The van der Waals surface area contributed by atoms with Crippen LogP contribution in [0, 0.1) is 0 Å². The summed E-state index contributed by atoms with van der Waals surface area (Å²) in [6.07, 6.45) is 1.65. The Hall–Kier alpha value is -1.66. The van der Waals surface area contributed by atoms with Crippen LogP contribution in [0.4, 0.5) is 11.8 Å². The molecule has 2 aromatic heterocycles. The van der Waals surface area contributed by atoms with Crippen molar-refractivity contribution in [2.24, 2.45) is 5.84 Å². The summed E-state index contributed by atoms with van der Waals surface area (Å²) in [5, 5.41) is 7.32. The van der Waals surface area contributed by atoms with Crippen molar-refractivity contribution < 1.29 is 0 Å². The molecule has 0 spiro atoms. The van der Waals surface area contributed by atoms with Gasteiger partial charge in [-0.3, -0.25) is 5.43 Å². The molecule has 0 saturated carbocycles. The van der Waals surface area contributed by atoms with Gasteiger partial charge in [-0.2, -0.15) is 16.3 Å². The molecule has 0 aliphatic rings. The number of nitrogens with two attached hydrogens (primary N) is 1. The molecule has 0 aliphatic heterocycles. The molecule has 78 valence electrons. The molecule has 0 aromatic carbocycles. The molecule has 4 N–H and O–H groups in total. The van der Waals surface area contributed by atoms with Gasteiger partial charge in [0.15, 0.2) is 0 Å². The Balaban J connectivity index is 1.98. The average Bonchev–Trinajstić information content (AvgIpc) is 2.79. The number of rotatable bonds is 4. The summed E-state index contributed by atoms with van der Waals surface area (Å²) in [5.41, 5.74) is 3.64. The molecule has 0 aliphatic carbocycles. The summed E-state index contributed by atoms with van der Waals surface area (Å²) in [7, 11) is 0. The maximum absolute atomic E-state index is 5.21. The molecule has 0 radical (unpaired) electrons. The third kappa shape index (κ3) is 2.64. The van der Waals surface area contributed by atoms with Gasteiger partial charge in [0.1, 0.15) is 5.82 Å². The van der Waals surface area contributed by atoms with E-state index in [-0.39, 0.29) is 0 Å². The number of nitrogens with zero attached hydrogens (tertiary/aromatic N) is 2. The summed E-state index contributed by atoms with van der Waals surface area (Å²) in [6.45, 7) is 0.754. The van der Waals surface area contributed by atoms with E-state index in [1.165, 1.54) is 5.56 Å². The van der Waals surface area contributed by atoms with Gasteiger partial charge in [-0.25, -0.2) is 10.8 Å². The van der Waals surface area contributed by atoms with Crippen LogP contribution in [0.25, 0.3) is 0 Å². The zero-order valence-electron chi connectivity index (χ0n) is 7.97. The standard InChI is InChI=1S/C9H11N5S/c10-14-9-11-3-1-8(13-9)12-5-7-2-4-15-6-7/h1-4,6H,5,10H2,(H2,11,12,13,14). The molecule has 0 amide bonds. The third-order valence-corrected chi connectivity index (χ3v) is 2.57. The molecule has 0 fully saturated rings. The van der Waals surface area contributed by atoms with E-state index in [9.17, 15) is 0 Å². The van der Waals surface area contributed by atoms with Gasteiger partial charge in [-0.05, 0) is 28.5 Å². The second kappa shape index (κ2) is 4.72. The number of nitrogens with one attached hydrogen (secondary N) is 2. The number of anilines is 2. The van der Waals surface area contributed by atoms with E-state index in [1.54, 1.807) is 23.6 Å². The highest BCUT2D eigenvalue weighted by Gasteiger charge is 1.97. The summed E-state index contributed by atoms with van der Waals surface area (Å²) in [5.74, 6) is 6.37. The van der Waals surface area contributed by atoms with E-state index < -0.39 is 0 Å². The van der Waals surface area contributed by atoms with Gasteiger partial charge in [0.25, 0.3) is 0 Å². The van der Waals surface area contributed by atoms with E-state index in [4.69, 9.17) is 5.84 Å². The van der Waals surface area contributed by atoms with E-state index in [0.717, 1.165) is 12.4 Å².